The first-order valence-corrected chi connectivity index (χ1v) is 9.11. The molecule has 0 saturated carbocycles. The fourth-order valence-corrected chi connectivity index (χ4v) is 2.95. The monoisotopic (exact) mass is 392 g/mol. The van der Waals surface area contributed by atoms with E-state index in [1.807, 2.05) is 49.4 Å². The number of amides is 1. The molecule has 4 rings (SSSR count). The van der Waals surface area contributed by atoms with E-state index in [1.54, 1.807) is 24.3 Å². The second kappa shape index (κ2) is 7.74. The van der Waals surface area contributed by atoms with Crippen LogP contribution >= 0.6 is 11.6 Å². The largest absolute Gasteiger partial charge is 0.484 e. The highest BCUT2D eigenvalue weighted by Crippen LogP contribution is 2.30. The molecule has 0 atom stereocenters. The van der Waals surface area contributed by atoms with Crippen molar-refractivity contribution in [2.24, 2.45) is 0 Å². The van der Waals surface area contributed by atoms with Gasteiger partial charge in [0.2, 0.25) is 5.89 Å². The maximum absolute atomic E-state index is 12.3. The lowest BCUT2D eigenvalue weighted by molar-refractivity contribution is -0.118. The zero-order chi connectivity index (χ0) is 19.5. The van der Waals surface area contributed by atoms with E-state index in [2.05, 4.69) is 10.3 Å². The lowest BCUT2D eigenvalue weighted by atomic mass is 10.2. The second-order valence-electron chi connectivity index (χ2n) is 6.33. The van der Waals surface area contributed by atoms with Gasteiger partial charge in [-0.05, 0) is 55.0 Å². The summed E-state index contributed by atoms with van der Waals surface area (Å²) in [5.41, 5.74) is 3.72. The van der Waals surface area contributed by atoms with Crippen LogP contribution in [-0.4, -0.2) is 17.5 Å². The number of fused-ring (bicyclic) bond motifs is 1. The molecule has 4 aromatic rings. The highest BCUT2D eigenvalue weighted by molar-refractivity contribution is 6.33. The summed E-state index contributed by atoms with van der Waals surface area (Å²) in [6.45, 7) is 1.84. The Bertz CT molecular complexity index is 1120. The summed E-state index contributed by atoms with van der Waals surface area (Å²) < 4.78 is 11.3. The summed E-state index contributed by atoms with van der Waals surface area (Å²) in [4.78, 5) is 16.7. The molecule has 0 bridgehead atoms. The van der Waals surface area contributed by atoms with Gasteiger partial charge in [0.1, 0.15) is 11.3 Å². The highest BCUT2D eigenvalue weighted by Gasteiger charge is 2.12. The van der Waals surface area contributed by atoms with E-state index in [4.69, 9.17) is 20.8 Å². The van der Waals surface area contributed by atoms with E-state index in [1.165, 1.54) is 0 Å². The smallest absolute Gasteiger partial charge is 0.262 e. The molecule has 0 fully saturated rings. The Balaban J connectivity index is 1.49. The summed E-state index contributed by atoms with van der Waals surface area (Å²) in [6.07, 6.45) is 0. The SMILES string of the molecule is Cc1cccc(OCC(=O)Nc2cc(-c3nc4ccccc4o3)ccc2Cl)c1. The number of oxazole rings is 1. The van der Waals surface area contributed by atoms with Crippen molar-refractivity contribution in [3.05, 3.63) is 77.3 Å². The van der Waals surface area contributed by atoms with Gasteiger partial charge in [0.15, 0.2) is 12.2 Å². The van der Waals surface area contributed by atoms with E-state index in [-0.39, 0.29) is 12.5 Å². The minimum atomic E-state index is -0.307. The topological polar surface area (TPSA) is 64.4 Å². The number of aromatic nitrogens is 1. The Labute approximate surface area is 166 Å². The van der Waals surface area contributed by atoms with Gasteiger partial charge in [0.25, 0.3) is 5.91 Å². The van der Waals surface area contributed by atoms with Crippen molar-refractivity contribution in [2.45, 2.75) is 6.92 Å². The first-order valence-electron chi connectivity index (χ1n) is 8.73. The van der Waals surface area contributed by atoms with Gasteiger partial charge in [-0.3, -0.25) is 4.79 Å². The predicted molar refractivity (Wildman–Crippen MR) is 110 cm³/mol. The van der Waals surface area contributed by atoms with Gasteiger partial charge >= 0.3 is 0 Å². The molecule has 1 heterocycles. The average Bonchev–Trinajstić information content (AvgIpc) is 3.12. The van der Waals surface area contributed by atoms with E-state index in [0.717, 1.165) is 16.6 Å². The summed E-state index contributed by atoms with van der Waals surface area (Å²) in [7, 11) is 0. The number of para-hydroxylation sites is 2. The fraction of sp³-hybridized carbons (Fsp3) is 0.0909. The molecule has 0 radical (unpaired) electrons. The molecule has 140 valence electrons. The number of aryl methyl sites for hydroxylation is 1. The Kier molecular flexibility index (Phi) is 5.00. The first-order chi connectivity index (χ1) is 13.6. The Morgan fingerprint density at radius 1 is 1.11 bits per heavy atom. The third-order valence-electron chi connectivity index (χ3n) is 4.14. The van der Waals surface area contributed by atoms with Crippen LogP contribution in [0.5, 0.6) is 5.75 Å². The van der Waals surface area contributed by atoms with Gasteiger partial charge in [-0.2, -0.15) is 0 Å². The van der Waals surface area contributed by atoms with Crippen molar-refractivity contribution in [3.63, 3.8) is 0 Å². The van der Waals surface area contributed by atoms with Crippen LogP contribution in [0.25, 0.3) is 22.6 Å². The van der Waals surface area contributed by atoms with E-state index < -0.39 is 0 Å². The number of nitrogens with one attached hydrogen (secondary N) is 1. The molecule has 1 aromatic heterocycles. The number of hydrogen-bond donors (Lipinski definition) is 1. The molecule has 6 heteroatoms. The molecule has 1 N–H and O–H groups in total. The molecule has 5 nitrogen and oxygen atoms in total. The molecule has 0 aliphatic rings. The van der Waals surface area contributed by atoms with Crippen molar-refractivity contribution in [3.8, 4) is 17.2 Å². The van der Waals surface area contributed by atoms with Crippen molar-refractivity contribution in [2.75, 3.05) is 11.9 Å². The van der Waals surface area contributed by atoms with Crippen LogP contribution in [0.4, 0.5) is 5.69 Å². The highest BCUT2D eigenvalue weighted by atomic mass is 35.5. The van der Waals surface area contributed by atoms with Crippen molar-refractivity contribution >= 4 is 34.3 Å². The zero-order valence-electron chi connectivity index (χ0n) is 15.1. The quantitative estimate of drug-likeness (QED) is 0.488. The predicted octanol–water partition coefficient (Wildman–Crippen LogP) is 5.47. The minimum Gasteiger partial charge on any atom is -0.484 e. The molecule has 1 amide bonds. The molecule has 0 aliphatic heterocycles. The first kappa shape index (κ1) is 18.1. The molecule has 0 saturated heterocycles. The maximum Gasteiger partial charge on any atom is 0.262 e. The molecule has 0 unspecified atom stereocenters. The van der Waals surface area contributed by atoms with Gasteiger partial charge in [-0.25, -0.2) is 4.98 Å². The van der Waals surface area contributed by atoms with Crippen LogP contribution in [0.15, 0.2) is 71.1 Å². The molecular weight excluding hydrogens is 376 g/mol. The van der Waals surface area contributed by atoms with Gasteiger partial charge in [-0.15, -0.1) is 0 Å². The molecule has 0 aliphatic carbocycles. The van der Waals surface area contributed by atoms with E-state index in [9.17, 15) is 4.79 Å². The third kappa shape index (κ3) is 4.00. The molecule has 3 aromatic carbocycles. The summed E-state index contributed by atoms with van der Waals surface area (Å²) in [5.74, 6) is 0.795. The summed E-state index contributed by atoms with van der Waals surface area (Å²) >= 11 is 6.24. The number of nitrogens with zero attached hydrogens (tertiary/aromatic N) is 1. The number of ether oxygens (including phenoxy) is 1. The Hall–Kier alpha value is -3.31. The van der Waals surface area contributed by atoms with Gasteiger partial charge in [0.05, 0.1) is 10.7 Å². The number of carbonyl (C=O) groups excluding carboxylic acids is 1. The fourth-order valence-electron chi connectivity index (χ4n) is 2.79. The zero-order valence-corrected chi connectivity index (χ0v) is 15.9. The van der Waals surface area contributed by atoms with Crippen LogP contribution in [0.2, 0.25) is 5.02 Å². The number of carbonyl (C=O) groups is 1. The maximum atomic E-state index is 12.3. The van der Waals surface area contributed by atoms with Gasteiger partial charge in [0, 0.05) is 5.56 Å². The van der Waals surface area contributed by atoms with Crippen molar-refractivity contribution in [1.29, 1.82) is 0 Å². The number of anilines is 1. The lowest BCUT2D eigenvalue weighted by Crippen LogP contribution is -2.20. The minimum absolute atomic E-state index is 0.118. The average molecular weight is 393 g/mol. The van der Waals surface area contributed by atoms with Crippen molar-refractivity contribution < 1.29 is 13.9 Å². The van der Waals surface area contributed by atoms with Crippen LogP contribution in [0.1, 0.15) is 5.56 Å². The lowest BCUT2D eigenvalue weighted by Gasteiger charge is -2.10. The number of rotatable bonds is 5. The van der Waals surface area contributed by atoms with Crippen LogP contribution < -0.4 is 10.1 Å². The number of halogens is 1. The van der Waals surface area contributed by atoms with E-state index in [0.29, 0.717) is 27.9 Å². The molecule has 28 heavy (non-hydrogen) atoms. The Morgan fingerprint density at radius 2 is 1.96 bits per heavy atom. The standard InChI is InChI=1S/C22H17ClN2O3/c1-14-5-4-6-16(11-14)27-13-21(26)24-19-12-15(9-10-17(19)23)22-25-18-7-2-3-8-20(18)28-22/h2-12H,13H2,1H3,(H,24,26). The van der Waals surface area contributed by atoms with Gasteiger partial charge < -0.3 is 14.5 Å². The Morgan fingerprint density at radius 3 is 2.79 bits per heavy atom. The summed E-state index contributed by atoms with van der Waals surface area (Å²) in [5, 5.41) is 3.19. The normalized spacial score (nSPS) is 10.8. The van der Waals surface area contributed by atoms with E-state index >= 15 is 0 Å². The van der Waals surface area contributed by atoms with Crippen LogP contribution in [0.3, 0.4) is 0 Å². The second-order valence-corrected chi connectivity index (χ2v) is 6.74. The van der Waals surface area contributed by atoms with Crippen molar-refractivity contribution in [1.82, 2.24) is 4.98 Å². The third-order valence-corrected chi connectivity index (χ3v) is 4.47. The number of hydrogen-bond acceptors (Lipinski definition) is 4. The number of benzene rings is 3. The van der Waals surface area contributed by atoms with Crippen LogP contribution in [-0.2, 0) is 4.79 Å². The molecular formula is C22H17ClN2O3. The van der Waals surface area contributed by atoms with Gasteiger partial charge in [-0.1, -0.05) is 35.9 Å². The summed E-state index contributed by atoms with van der Waals surface area (Å²) in [6, 6.07) is 20.3. The molecule has 0 spiro atoms. The van der Waals surface area contributed by atoms with Crippen LogP contribution in [0, 0.1) is 6.92 Å².